The molecule has 224 valence electrons. The Balaban J connectivity index is 1.75. The van der Waals surface area contributed by atoms with E-state index in [9.17, 15) is 22.8 Å². The van der Waals surface area contributed by atoms with E-state index in [1.54, 1.807) is 6.07 Å². The monoisotopic (exact) mass is 614 g/mol. The molecule has 0 aromatic heterocycles. The van der Waals surface area contributed by atoms with Crippen molar-refractivity contribution in [3.05, 3.63) is 54.1 Å². The second kappa shape index (κ2) is 12.8. The normalized spacial score (nSPS) is 20.5. The third-order valence-corrected chi connectivity index (χ3v) is 8.82. The first kappa shape index (κ1) is 31.4. The van der Waals surface area contributed by atoms with Crippen LogP contribution in [0.15, 0.2) is 48.5 Å². The molecule has 2 fully saturated rings. The van der Waals surface area contributed by atoms with Gasteiger partial charge in [-0.1, -0.05) is 84.9 Å². The second-order valence-corrected chi connectivity index (χ2v) is 12.2. The van der Waals surface area contributed by atoms with Crippen molar-refractivity contribution >= 4 is 35.1 Å². The first-order chi connectivity index (χ1) is 19.4. The molecule has 4 rings (SSSR count). The molecule has 1 atom stereocenters. The van der Waals surface area contributed by atoms with Crippen LogP contribution < -0.4 is 4.74 Å². The van der Waals surface area contributed by atoms with Crippen molar-refractivity contribution in [1.29, 1.82) is 0 Å². The second-order valence-electron chi connectivity index (χ2n) is 10.9. The lowest BCUT2D eigenvalue weighted by Crippen LogP contribution is -2.56. The SMILES string of the molecule is CN(C)CCCOc1cc(C(Cl)(Cl)C2(OC(=O)C(F)(F)F)CCN(C3CCCCC3)C2=O)ccc1-c1ccccc1. The van der Waals surface area contributed by atoms with Gasteiger partial charge in [0.25, 0.3) is 5.91 Å². The van der Waals surface area contributed by atoms with Crippen LogP contribution in [0.3, 0.4) is 0 Å². The lowest BCUT2D eigenvalue weighted by atomic mass is 9.89. The molecule has 0 spiro atoms. The first-order valence-electron chi connectivity index (χ1n) is 13.8. The van der Waals surface area contributed by atoms with Crippen LogP contribution in [0.2, 0.25) is 0 Å². The zero-order valence-electron chi connectivity index (χ0n) is 23.2. The minimum Gasteiger partial charge on any atom is -0.493 e. The van der Waals surface area contributed by atoms with E-state index in [0.29, 0.717) is 37.2 Å². The van der Waals surface area contributed by atoms with Gasteiger partial charge in [-0.05, 0) is 50.6 Å². The van der Waals surface area contributed by atoms with Gasteiger partial charge < -0.3 is 19.3 Å². The van der Waals surface area contributed by atoms with Gasteiger partial charge in [-0.3, -0.25) is 4.79 Å². The quantitative estimate of drug-likeness (QED) is 0.169. The van der Waals surface area contributed by atoms with E-state index in [1.807, 2.05) is 49.3 Å². The Morgan fingerprint density at radius 1 is 1.07 bits per heavy atom. The van der Waals surface area contributed by atoms with E-state index in [-0.39, 0.29) is 24.6 Å². The number of ether oxygens (including phenoxy) is 2. The summed E-state index contributed by atoms with van der Waals surface area (Å²) in [5, 5.41) is 0. The van der Waals surface area contributed by atoms with Gasteiger partial charge in [-0.25, -0.2) is 4.79 Å². The van der Waals surface area contributed by atoms with Crippen LogP contribution >= 0.6 is 23.2 Å². The average molecular weight is 616 g/mol. The molecule has 1 aliphatic carbocycles. The highest BCUT2D eigenvalue weighted by Crippen LogP contribution is 2.53. The highest BCUT2D eigenvalue weighted by atomic mass is 35.5. The largest absolute Gasteiger partial charge is 0.493 e. The topological polar surface area (TPSA) is 59.1 Å². The molecule has 1 unspecified atom stereocenters. The Bertz CT molecular complexity index is 1220. The number of esters is 1. The van der Waals surface area contributed by atoms with E-state index in [1.165, 1.54) is 17.0 Å². The fourth-order valence-electron chi connectivity index (χ4n) is 5.61. The number of benzene rings is 2. The van der Waals surface area contributed by atoms with Crippen molar-refractivity contribution in [2.24, 2.45) is 0 Å². The first-order valence-corrected chi connectivity index (χ1v) is 14.6. The zero-order valence-corrected chi connectivity index (χ0v) is 24.7. The van der Waals surface area contributed by atoms with Gasteiger partial charge in [0.2, 0.25) is 5.60 Å². The number of rotatable bonds is 10. The van der Waals surface area contributed by atoms with Crippen molar-refractivity contribution in [3.8, 4) is 16.9 Å². The molecule has 41 heavy (non-hydrogen) atoms. The van der Waals surface area contributed by atoms with E-state index in [0.717, 1.165) is 31.4 Å². The van der Waals surface area contributed by atoms with Gasteiger partial charge in [0, 0.05) is 31.1 Å². The lowest BCUT2D eigenvalue weighted by Gasteiger charge is -2.39. The molecule has 1 saturated carbocycles. The Hall–Kier alpha value is -2.49. The highest BCUT2D eigenvalue weighted by molar-refractivity contribution is 6.50. The van der Waals surface area contributed by atoms with Crippen LogP contribution in [-0.2, 0) is 18.7 Å². The van der Waals surface area contributed by atoms with Gasteiger partial charge in [0.1, 0.15) is 5.75 Å². The molecule has 2 aromatic rings. The van der Waals surface area contributed by atoms with Gasteiger partial charge in [0.15, 0.2) is 4.33 Å². The van der Waals surface area contributed by atoms with Crippen LogP contribution in [0.1, 0.15) is 50.5 Å². The third kappa shape index (κ3) is 6.78. The Kier molecular flexibility index (Phi) is 9.81. The molecular formula is C30H35Cl2F3N2O4. The predicted molar refractivity (Wildman–Crippen MR) is 152 cm³/mol. The number of hydrogen-bond acceptors (Lipinski definition) is 5. The predicted octanol–water partition coefficient (Wildman–Crippen LogP) is 6.72. The van der Waals surface area contributed by atoms with Crippen LogP contribution in [0.4, 0.5) is 13.2 Å². The van der Waals surface area contributed by atoms with Gasteiger partial charge >= 0.3 is 12.1 Å². The number of nitrogens with zero attached hydrogens (tertiary/aromatic N) is 2. The van der Waals surface area contributed by atoms with Gasteiger partial charge in [0.05, 0.1) is 6.61 Å². The van der Waals surface area contributed by atoms with Crippen molar-refractivity contribution in [2.45, 2.75) is 67.1 Å². The molecule has 0 bridgehead atoms. The number of carbonyl (C=O) groups excluding carboxylic acids is 2. The summed E-state index contributed by atoms with van der Waals surface area (Å²) in [4.78, 5) is 29.6. The molecule has 1 aliphatic heterocycles. The standard InChI is InChI=1S/C30H35Cl2F3N2O4/c1-36(2)17-9-19-40-25-20-22(14-15-24(25)21-10-5-3-6-11-21)29(31,32)28(41-27(39)30(33,34)35)16-18-37(26(28)38)23-12-7-4-8-13-23/h3,5-6,10-11,14-15,20,23H,4,7-9,12-13,16-19H2,1-2H3. The Morgan fingerprint density at radius 2 is 1.76 bits per heavy atom. The summed E-state index contributed by atoms with van der Waals surface area (Å²) in [5.74, 6) is -2.93. The number of amides is 1. The summed E-state index contributed by atoms with van der Waals surface area (Å²) in [5.41, 5.74) is -0.824. The van der Waals surface area contributed by atoms with Crippen LogP contribution in [-0.4, -0.2) is 73.3 Å². The number of likely N-dealkylation sites (tertiary alicyclic amines) is 1. The number of halogens is 5. The van der Waals surface area contributed by atoms with Crippen LogP contribution in [0.5, 0.6) is 5.75 Å². The maximum absolute atomic E-state index is 13.9. The molecule has 0 N–H and O–H groups in total. The van der Waals surface area contributed by atoms with Crippen molar-refractivity contribution in [1.82, 2.24) is 9.80 Å². The molecule has 0 radical (unpaired) electrons. The highest BCUT2D eigenvalue weighted by Gasteiger charge is 2.66. The molecule has 2 aliphatic rings. The van der Waals surface area contributed by atoms with Crippen molar-refractivity contribution in [3.63, 3.8) is 0 Å². The molecule has 1 amide bonds. The summed E-state index contributed by atoms with van der Waals surface area (Å²) >= 11 is 13.8. The number of carbonyl (C=O) groups is 2. The maximum atomic E-state index is 13.9. The number of alkyl halides is 5. The van der Waals surface area contributed by atoms with E-state index < -0.39 is 28.0 Å². The van der Waals surface area contributed by atoms with E-state index in [2.05, 4.69) is 0 Å². The lowest BCUT2D eigenvalue weighted by molar-refractivity contribution is -0.215. The average Bonchev–Trinajstić information content (AvgIpc) is 3.28. The smallest absolute Gasteiger partial charge is 0.490 e. The van der Waals surface area contributed by atoms with E-state index in [4.69, 9.17) is 32.7 Å². The molecule has 2 aromatic carbocycles. The van der Waals surface area contributed by atoms with Crippen LogP contribution in [0.25, 0.3) is 11.1 Å². The summed E-state index contributed by atoms with van der Waals surface area (Å²) in [6, 6.07) is 14.0. The Labute approximate surface area is 248 Å². The van der Waals surface area contributed by atoms with Crippen molar-refractivity contribution in [2.75, 3.05) is 33.8 Å². The zero-order chi connectivity index (χ0) is 29.8. The molecule has 6 nitrogen and oxygen atoms in total. The minimum atomic E-state index is -5.34. The fourth-order valence-corrected chi connectivity index (χ4v) is 6.28. The summed E-state index contributed by atoms with van der Waals surface area (Å²) in [6.45, 7) is 1.20. The van der Waals surface area contributed by atoms with Crippen molar-refractivity contribution < 1.29 is 32.2 Å². The summed E-state index contributed by atoms with van der Waals surface area (Å²) < 4.78 is 49.2. The number of hydrogen-bond donors (Lipinski definition) is 0. The third-order valence-electron chi connectivity index (χ3n) is 7.77. The molecular weight excluding hydrogens is 580 g/mol. The minimum absolute atomic E-state index is 0.0752. The molecule has 1 saturated heterocycles. The van der Waals surface area contributed by atoms with E-state index >= 15 is 0 Å². The maximum Gasteiger partial charge on any atom is 0.490 e. The van der Waals surface area contributed by atoms with Gasteiger partial charge in [-0.15, -0.1) is 0 Å². The molecule has 11 heteroatoms. The molecule has 1 heterocycles. The Morgan fingerprint density at radius 3 is 2.39 bits per heavy atom. The summed E-state index contributed by atoms with van der Waals surface area (Å²) in [6.07, 6.45) is -0.679. The van der Waals surface area contributed by atoms with Crippen LogP contribution in [0, 0.1) is 0 Å². The van der Waals surface area contributed by atoms with Gasteiger partial charge in [-0.2, -0.15) is 13.2 Å². The summed E-state index contributed by atoms with van der Waals surface area (Å²) in [7, 11) is 3.89. The fraction of sp³-hybridized carbons (Fsp3) is 0.533.